The van der Waals surface area contributed by atoms with E-state index in [1.54, 1.807) is 0 Å². The molecule has 0 aliphatic carbocycles. The van der Waals surface area contributed by atoms with E-state index in [1.807, 2.05) is 0 Å². The van der Waals surface area contributed by atoms with Crippen molar-refractivity contribution in [1.82, 2.24) is 0 Å². The van der Waals surface area contributed by atoms with Crippen LogP contribution in [0.2, 0.25) is 20.0 Å². The molecule has 0 aromatic rings. The summed E-state index contributed by atoms with van der Waals surface area (Å²) in [5.41, 5.74) is 0. The van der Waals surface area contributed by atoms with Crippen LogP contribution in [-0.4, -0.2) is 13.3 Å². The zero-order valence-electron chi connectivity index (χ0n) is 9.23. The summed E-state index contributed by atoms with van der Waals surface area (Å²) in [6, 6.07) is 0. The molecular weight excluding hydrogens is 193 g/mol. The summed E-state index contributed by atoms with van der Waals surface area (Å²) in [7, 11) is 0. The van der Waals surface area contributed by atoms with E-state index in [-0.39, 0.29) is 0 Å². The molecule has 0 saturated heterocycles. The monoisotopic (exact) mass is 218 g/mol. The summed E-state index contributed by atoms with van der Waals surface area (Å²) in [6.07, 6.45) is 0. The van der Waals surface area contributed by atoms with Gasteiger partial charge < -0.3 is 0 Å². The van der Waals surface area contributed by atoms with E-state index < -0.39 is 13.3 Å². The van der Waals surface area contributed by atoms with Crippen LogP contribution in [0.25, 0.3) is 0 Å². The van der Waals surface area contributed by atoms with Gasteiger partial charge in [0.25, 0.3) is 0 Å². The van der Waals surface area contributed by atoms with Crippen molar-refractivity contribution in [2.45, 2.75) is 61.5 Å². The van der Waals surface area contributed by atoms with Gasteiger partial charge in [-0.1, -0.05) is 0 Å². The molecule has 0 radical (unpaired) electrons. The van der Waals surface area contributed by atoms with Gasteiger partial charge >= 0.3 is 74.8 Å². The minimum absolute atomic E-state index is 0.968. The predicted molar refractivity (Wildman–Crippen MR) is 56.9 cm³/mol. The molecule has 0 aliphatic rings. The van der Waals surface area contributed by atoms with Gasteiger partial charge in [-0.2, -0.15) is 0 Å². The SMILES string of the molecule is C[CH](C)[Ge]([CH3])([CH](C)C)[CH](C)C. The molecule has 0 N–H and O–H groups in total. The van der Waals surface area contributed by atoms with Crippen molar-refractivity contribution in [2.24, 2.45) is 0 Å². The Balaban J connectivity index is 4.53. The maximum absolute atomic E-state index is 2.60. The second-order valence-corrected chi connectivity index (χ2v) is 17.8. The molecule has 0 nitrogen and oxygen atoms in total. The molecule has 68 valence electrons. The second kappa shape index (κ2) is 3.97. The fourth-order valence-corrected chi connectivity index (χ4v) is 10.4. The molecule has 0 saturated carbocycles. The molecule has 0 rings (SSSR count). The van der Waals surface area contributed by atoms with E-state index in [0.717, 1.165) is 14.3 Å². The van der Waals surface area contributed by atoms with Crippen LogP contribution in [0.15, 0.2) is 0 Å². The molecule has 0 aromatic carbocycles. The van der Waals surface area contributed by atoms with Crippen LogP contribution in [-0.2, 0) is 0 Å². The van der Waals surface area contributed by atoms with Crippen LogP contribution in [0.5, 0.6) is 0 Å². The average Bonchev–Trinajstić information content (AvgIpc) is 1.84. The van der Waals surface area contributed by atoms with E-state index >= 15 is 0 Å². The molecule has 0 spiro atoms. The molecule has 0 fully saturated rings. The second-order valence-electron chi connectivity index (χ2n) is 4.83. The first-order chi connectivity index (χ1) is 4.83. The Morgan fingerprint density at radius 1 is 0.636 bits per heavy atom. The van der Waals surface area contributed by atoms with Crippen LogP contribution in [0.3, 0.4) is 0 Å². The van der Waals surface area contributed by atoms with Gasteiger partial charge in [0.15, 0.2) is 0 Å². The van der Waals surface area contributed by atoms with Gasteiger partial charge in [0.2, 0.25) is 0 Å². The van der Waals surface area contributed by atoms with E-state index in [0.29, 0.717) is 0 Å². The fraction of sp³-hybridized carbons (Fsp3) is 1.00. The fourth-order valence-electron chi connectivity index (χ4n) is 2.00. The van der Waals surface area contributed by atoms with E-state index in [2.05, 4.69) is 47.3 Å². The van der Waals surface area contributed by atoms with Crippen LogP contribution in [0.1, 0.15) is 41.5 Å². The van der Waals surface area contributed by atoms with Gasteiger partial charge in [0.1, 0.15) is 0 Å². The minimum atomic E-state index is -1.50. The Morgan fingerprint density at radius 3 is 0.818 bits per heavy atom. The van der Waals surface area contributed by atoms with Crippen LogP contribution < -0.4 is 0 Å². The summed E-state index contributed by atoms with van der Waals surface area (Å²) in [5, 5.41) is 0. The van der Waals surface area contributed by atoms with Crippen molar-refractivity contribution in [3.8, 4) is 0 Å². The molecule has 0 atom stereocenters. The average molecular weight is 217 g/mol. The first-order valence-corrected chi connectivity index (χ1v) is 10.6. The Morgan fingerprint density at radius 2 is 0.818 bits per heavy atom. The van der Waals surface area contributed by atoms with E-state index in [4.69, 9.17) is 0 Å². The summed E-state index contributed by atoms with van der Waals surface area (Å²) in [4.78, 5) is 0. The zero-order chi connectivity index (χ0) is 9.23. The van der Waals surface area contributed by atoms with E-state index in [9.17, 15) is 0 Å². The molecule has 0 unspecified atom stereocenters. The molecule has 1 heteroatoms. The van der Waals surface area contributed by atoms with Crippen molar-refractivity contribution >= 4 is 13.3 Å². The topological polar surface area (TPSA) is 0 Å². The summed E-state index contributed by atoms with van der Waals surface area (Å²) < 4.78 is 2.90. The quantitative estimate of drug-likeness (QED) is 0.618. The number of hydrogen-bond donors (Lipinski definition) is 0. The normalized spacial score (nSPS) is 13.6. The third kappa shape index (κ3) is 2.24. The van der Waals surface area contributed by atoms with Crippen molar-refractivity contribution in [2.75, 3.05) is 0 Å². The Labute approximate surface area is 75.1 Å². The summed E-state index contributed by atoms with van der Waals surface area (Å²) in [6.45, 7) is 14.5. The maximum atomic E-state index is 2.60. The van der Waals surface area contributed by atoms with Crippen LogP contribution in [0, 0.1) is 0 Å². The standard InChI is InChI=1S/C10H24Ge/c1-8(2)11(7,9(3)4)10(5)6/h8-10H,1-7H3. The molecule has 0 heterocycles. The molecule has 0 bridgehead atoms. The van der Waals surface area contributed by atoms with Gasteiger partial charge in [0.05, 0.1) is 0 Å². The van der Waals surface area contributed by atoms with Crippen molar-refractivity contribution in [3.05, 3.63) is 0 Å². The third-order valence-corrected chi connectivity index (χ3v) is 19.4. The van der Waals surface area contributed by atoms with Gasteiger partial charge in [-0.05, 0) is 0 Å². The third-order valence-electron chi connectivity index (χ3n) is 3.73. The Kier molecular flexibility index (Phi) is 4.17. The van der Waals surface area contributed by atoms with E-state index in [1.165, 1.54) is 0 Å². The van der Waals surface area contributed by atoms with Crippen molar-refractivity contribution in [3.63, 3.8) is 0 Å². The molecule has 0 aliphatic heterocycles. The number of hydrogen-bond acceptors (Lipinski definition) is 0. The summed E-state index contributed by atoms with van der Waals surface area (Å²) >= 11 is -1.50. The molecule has 0 amide bonds. The van der Waals surface area contributed by atoms with Gasteiger partial charge in [-0.3, -0.25) is 0 Å². The Bertz CT molecular complexity index is 92.3. The van der Waals surface area contributed by atoms with Crippen molar-refractivity contribution < 1.29 is 0 Å². The first-order valence-electron chi connectivity index (χ1n) is 4.83. The van der Waals surface area contributed by atoms with Gasteiger partial charge in [-0.25, -0.2) is 0 Å². The number of rotatable bonds is 3. The van der Waals surface area contributed by atoms with Crippen LogP contribution in [0.4, 0.5) is 0 Å². The zero-order valence-corrected chi connectivity index (χ0v) is 11.3. The predicted octanol–water partition coefficient (Wildman–Crippen LogP) is 4.30. The molecule has 11 heavy (non-hydrogen) atoms. The van der Waals surface area contributed by atoms with Crippen molar-refractivity contribution in [1.29, 1.82) is 0 Å². The molecule has 0 aromatic heterocycles. The van der Waals surface area contributed by atoms with Gasteiger partial charge in [-0.15, -0.1) is 0 Å². The van der Waals surface area contributed by atoms with Crippen LogP contribution >= 0.6 is 0 Å². The first kappa shape index (κ1) is 11.5. The Hall–Kier alpha value is 0.543. The van der Waals surface area contributed by atoms with Gasteiger partial charge in [0, 0.05) is 0 Å². The molecular formula is C10H24Ge. The summed E-state index contributed by atoms with van der Waals surface area (Å²) in [5.74, 6) is 2.60.